The van der Waals surface area contributed by atoms with Crippen LogP contribution < -0.4 is 9.80 Å². The highest BCUT2D eigenvalue weighted by Gasteiger charge is 2.28. The molecule has 2 aliphatic rings. The van der Waals surface area contributed by atoms with E-state index in [1.807, 2.05) is 47.4 Å². The van der Waals surface area contributed by atoms with Crippen LogP contribution in [0.15, 0.2) is 48.5 Å². The van der Waals surface area contributed by atoms with Crippen LogP contribution in [0.5, 0.6) is 0 Å². The van der Waals surface area contributed by atoms with Gasteiger partial charge in [0.05, 0.1) is 22.1 Å². The van der Waals surface area contributed by atoms with Crippen LogP contribution in [0.25, 0.3) is 0 Å². The zero-order valence-corrected chi connectivity index (χ0v) is 15.7. The monoisotopic (exact) mass is 369 g/mol. The lowest BCUT2D eigenvalue weighted by Crippen LogP contribution is -2.43. The minimum absolute atomic E-state index is 0.211. The SMILES string of the molecule is O=C(CCN1CCCC1)N1CCN(c2ccccc2Cl)c2ccccc21. The average molecular weight is 370 g/mol. The van der Waals surface area contributed by atoms with Crippen molar-refractivity contribution >= 4 is 34.6 Å². The molecule has 4 nitrogen and oxygen atoms in total. The predicted octanol–water partition coefficient (Wildman–Crippen LogP) is 4.31. The third-order valence-electron chi connectivity index (χ3n) is 5.30. The van der Waals surface area contributed by atoms with Crippen LogP contribution >= 0.6 is 11.6 Å². The molecule has 0 unspecified atom stereocenters. The molecule has 0 radical (unpaired) electrons. The lowest BCUT2D eigenvalue weighted by molar-refractivity contribution is -0.118. The highest BCUT2D eigenvalue weighted by atomic mass is 35.5. The molecule has 136 valence electrons. The minimum atomic E-state index is 0.211. The number of rotatable bonds is 4. The van der Waals surface area contributed by atoms with Gasteiger partial charge in [-0.3, -0.25) is 4.79 Å². The van der Waals surface area contributed by atoms with Gasteiger partial charge in [-0.1, -0.05) is 35.9 Å². The molecule has 0 N–H and O–H groups in total. The molecule has 0 atom stereocenters. The standard InChI is InChI=1S/C21H24ClN3O/c22-17-7-1-2-8-18(17)24-15-16-25(20-10-4-3-9-19(20)24)21(26)11-14-23-12-5-6-13-23/h1-4,7-10H,5-6,11-16H2. The lowest BCUT2D eigenvalue weighted by atomic mass is 10.1. The van der Waals surface area contributed by atoms with Crippen molar-refractivity contribution in [3.05, 3.63) is 53.6 Å². The highest BCUT2D eigenvalue weighted by Crippen LogP contribution is 2.40. The van der Waals surface area contributed by atoms with Gasteiger partial charge in [-0.05, 0) is 50.2 Å². The number of carbonyl (C=O) groups is 1. The largest absolute Gasteiger partial charge is 0.337 e. The van der Waals surface area contributed by atoms with E-state index in [1.165, 1.54) is 12.8 Å². The zero-order chi connectivity index (χ0) is 17.9. The summed E-state index contributed by atoms with van der Waals surface area (Å²) in [4.78, 5) is 19.4. The second kappa shape index (κ2) is 7.68. The lowest BCUT2D eigenvalue weighted by Gasteiger charge is -2.38. The Labute approximate surface area is 160 Å². The Morgan fingerprint density at radius 2 is 1.50 bits per heavy atom. The molecule has 0 aliphatic carbocycles. The summed E-state index contributed by atoms with van der Waals surface area (Å²) in [7, 11) is 0. The summed E-state index contributed by atoms with van der Waals surface area (Å²) in [6.45, 7) is 4.55. The van der Waals surface area contributed by atoms with E-state index in [1.54, 1.807) is 0 Å². The van der Waals surface area contributed by atoms with Crippen LogP contribution in [0, 0.1) is 0 Å². The first-order chi connectivity index (χ1) is 12.7. The number of anilines is 3. The van der Waals surface area contributed by atoms with Gasteiger partial charge in [0, 0.05) is 26.1 Å². The molecule has 0 saturated carbocycles. The van der Waals surface area contributed by atoms with Crippen molar-refractivity contribution < 1.29 is 4.79 Å². The Balaban J connectivity index is 1.55. The molecule has 2 aromatic rings. The molecule has 1 fully saturated rings. The van der Waals surface area contributed by atoms with E-state index < -0.39 is 0 Å². The first-order valence-corrected chi connectivity index (χ1v) is 9.75. The molecular formula is C21H24ClN3O. The number of fused-ring (bicyclic) bond motifs is 1. The Bertz CT molecular complexity index is 788. The van der Waals surface area contributed by atoms with Crippen molar-refractivity contribution in [3.63, 3.8) is 0 Å². The Morgan fingerprint density at radius 1 is 0.846 bits per heavy atom. The average Bonchev–Trinajstić information content (AvgIpc) is 3.19. The van der Waals surface area contributed by atoms with Gasteiger partial charge >= 0.3 is 0 Å². The van der Waals surface area contributed by atoms with Crippen molar-refractivity contribution in [1.82, 2.24) is 4.90 Å². The number of amides is 1. The van der Waals surface area contributed by atoms with Gasteiger partial charge < -0.3 is 14.7 Å². The van der Waals surface area contributed by atoms with Crippen LogP contribution in [0.4, 0.5) is 17.1 Å². The molecular weight excluding hydrogens is 346 g/mol. The van der Waals surface area contributed by atoms with E-state index >= 15 is 0 Å². The number of para-hydroxylation sites is 3. The summed E-state index contributed by atoms with van der Waals surface area (Å²) in [5.41, 5.74) is 3.01. The Kier molecular flexibility index (Phi) is 5.14. The first-order valence-electron chi connectivity index (χ1n) is 9.38. The van der Waals surface area contributed by atoms with Gasteiger partial charge in [0.25, 0.3) is 0 Å². The third-order valence-corrected chi connectivity index (χ3v) is 5.62. The van der Waals surface area contributed by atoms with Crippen LogP contribution in [-0.4, -0.2) is 43.5 Å². The van der Waals surface area contributed by atoms with Crippen LogP contribution in [0.3, 0.4) is 0 Å². The molecule has 2 aliphatic heterocycles. The van der Waals surface area contributed by atoms with E-state index in [4.69, 9.17) is 11.6 Å². The van der Waals surface area contributed by atoms with E-state index in [2.05, 4.69) is 15.9 Å². The van der Waals surface area contributed by atoms with E-state index in [0.717, 1.165) is 48.3 Å². The van der Waals surface area contributed by atoms with Crippen LogP contribution in [0.2, 0.25) is 5.02 Å². The maximum absolute atomic E-state index is 12.9. The number of hydrogen-bond acceptors (Lipinski definition) is 3. The number of carbonyl (C=O) groups excluding carboxylic acids is 1. The summed E-state index contributed by atoms with van der Waals surface area (Å²) >= 11 is 6.42. The van der Waals surface area contributed by atoms with E-state index in [9.17, 15) is 4.79 Å². The smallest absolute Gasteiger partial charge is 0.228 e. The van der Waals surface area contributed by atoms with Crippen molar-refractivity contribution in [2.75, 3.05) is 42.5 Å². The summed E-state index contributed by atoms with van der Waals surface area (Å²) in [5, 5.41) is 0.733. The number of nitrogens with zero attached hydrogens (tertiary/aromatic N) is 3. The van der Waals surface area contributed by atoms with Gasteiger partial charge in [-0.2, -0.15) is 0 Å². The fraction of sp³-hybridized carbons (Fsp3) is 0.381. The predicted molar refractivity (Wildman–Crippen MR) is 108 cm³/mol. The topological polar surface area (TPSA) is 26.8 Å². The summed E-state index contributed by atoms with van der Waals surface area (Å²) in [6, 6.07) is 16.0. The van der Waals surface area contributed by atoms with Crippen molar-refractivity contribution in [2.24, 2.45) is 0 Å². The number of likely N-dealkylation sites (tertiary alicyclic amines) is 1. The van der Waals surface area contributed by atoms with Gasteiger partial charge in [-0.15, -0.1) is 0 Å². The van der Waals surface area contributed by atoms with Crippen molar-refractivity contribution in [2.45, 2.75) is 19.3 Å². The first kappa shape index (κ1) is 17.4. The molecule has 0 spiro atoms. The zero-order valence-electron chi connectivity index (χ0n) is 14.9. The maximum atomic E-state index is 12.9. The Morgan fingerprint density at radius 3 is 2.23 bits per heavy atom. The summed E-state index contributed by atoms with van der Waals surface area (Å²) in [6.07, 6.45) is 3.10. The highest BCUT2D eigenvalue weighted by molar-refractivity contribution is 6.33. The second-order valence-electron chi connectivity index (χ2n) is 6.94. The fourth-order valence-corrected chi connectivity index (χ4v) is 4.17. The Hall–Kier alpha value is -2.04. The maximum Gasteiger partial charge on any atom is 0.228 e. The molecule has 2 aromatic carbocycles. The van der Waals surface area contributed by atoms with Gasteiger partial charge in [0.2, 0.25) is 5.91 Å². The van der Waals surface area contributed by atoms with E-state index in [-0.39, 0.29) is 5.91 Å². The number of halogens is 1. The number of benzene rings is 2. The molecule has 0 aromatic heterocycles. The fourth-order valence-electron chi connectivity index (χ4n) is 3.94. The molecule has 4 rings (SSSR count). The van der Waals surface area contributed by atoms with Crippen molar-refractivity contribution in [1.29, 1.82) is 0 Å². The van der Waals surface area contributed by atoms with Crippen LogP contribution in [0.1, 0.15) is 19.3 Å². The molecule has 26 heavy (non-hydrogen) atoms. The number of hydrogen-bond donors (Lipinski definition) is 0. The van der Waals surface area contributed by atoms with Crippen molar-refractivity contribution in [3.8, 4) is 0 Å². The minimum Gasteiger partial charge on any atom is -0.337 e. The normalized spacial score (nSPS) is 17.4. The van der Waals surface area contributed by atoms with Gasteiger partial charge in [0.15, 0.2) is 0 Å². The molecule has 5 heteroatoms. The van der Waals surface area contributed by atoms with E-state index in [0.29, 0.717) is 13.0 Å². The van der Waals surface area contributed by atoms with Crippen LogP contribution in [-0.2, 0) is 4.79 Å². The molecule has 0 bridgehead atoms. The summed E-state index contributed by atoms with van der Waals surface area (Å²) in [5.74, 6) is 0.211. The molecule has 2 heterocycles. The quantitative estimate of drug-likeness (QED) is 0.803. The molecule has 1 amide bonds. The molecule has 1 saturated heterocycles. The van der Waals surface area contributed by atoms with Gasteiger partial charge in [0.1, 0.15) is 0 Å². The van der Waals surface area contributed by atoms with Gasteiger partial charge in [-0.25, -0.2) is 0 Å². The second-order valence-corrected chi connectivity index (χ2v) is 7.34. The summed E-state index contributed by atoms with van der Waals surface area (Å²) < 4.78 is 0. The third kappa shape index (κ3) is 3.44.